The second-order valence-corrected chi connectivity index (χ2v) is 5.28. The molecule has 0 N–H and O–H groups in total. The molecule has 3 rings (SSSR count). The van der Waals surface area contributed by atoms with Gasteiger partial charge in [-0.3, -0.25) is 4.98 Å². The molecule has 1 aliphatic carbocycles. The number of halogens is 2. The number of rotatable bonds is 2. The zero-order valence-corrected chi connectivity index (χ0v) is 10.7. The van der Waals surface area contributed by atoms with Crippen LogP contribution >= 0.6 is 23.2 Å². The molecular formula is C14H11Cl2N. The van der Waals surface area contributed by atoms with E-state index in [2.05, 4.69) is 11.1 Å². The van der Waals surface area contributed by atoms with Crippen LogP contribution in [0.1, 0.15) is 24.3 Å². The van der Waals surface area contributed by atoms with Gasteiger partial charge in [-0.25, -0.2) is 0 Å². The molecule has 86 valence electrons. The van der Waals surface area contributed by atoms with Crippen LogP contribution in [-0.4, -0.2) is 4.98 Å². The maximum Gasteiger partial charge on any atom is 0.0703 e. The normalized spacial score (nSPS) is 14.9. The van der Waals surface area contributed by atoms with E-state index < -0.39 is 0 Å². The van der Waals surface area contributed by atoms with Crippen molar-refractivity contribution < 1.29 is 0 Å². The summed E-state index contributed by atoms with van der Waals surface area (Å²) in [6, 6.07) is 9.68. The molecule has 17 heavy (non-hydrogen) atoms. The molecule has 1 nitrogen and oxygen atoms in total. The number of pyridine rings is 1. The number of benzene rings is 1. The summed E-state index contributed by atoms with van der Waals surface area (Å²) in [4.78, 5) is 4.48. The van der Waals surface area contributed by atoms with Gasteiger partial charge < -0.3 is 0 Å². The zero-order valence-electron chi connectivity index (χ0n) is 9.16. The van der Waals surface area contributed by atoms with Gasteiger partial charge in [-0.2, -0.15) is 0 Å². The highest BCUT2D eigenvalue weighted by atomic mass is 35.5. The third kappa shape index (κ3) is 2.46. The van der Waals surface area contributed by atoms with Gasteiger partial charge in [-0.15, -0.1) is 0 Å². The van der Waals surface area contributed by atoms with Crippen LogP contribution in [0, 0.1) is 0 Å². The molecule has 0 unspecified atom stereocenters. The minimum Gasteiger partial charge on any atom is -0.256 e. The molecule has 1 aromatic heterocycles. The predicted molar refractivity (Wildman–Crippen MR) is 71.7 cm³/mol. The van der Waals surface area contributed by atoms with Crippen molar-refractivity contribution in [2.45, 2.75) is 18.8 Å². The summed E-state index contributed by atoms with van der Waals surface area (Å²) in [6.45, 7) is 0. The quantitative estimate of drug-likeness (QED) is 0.749. The average molecular weight is 264 g/mol. The fraction of sp³-hybridized carbons (Fsp3) is 0.214. The molecule has 1 fully saturated rings. The first-order valence-corrected chi connectivity index (χ1v) is 6.40. The van der Waals surface area contributed by atoms with E-state index in [1.165, 1.54) is 18.4 Å². The number of hydrogen-bond donors (Lipinski definition) is 0. The summed E-state index contributed by atoms with van der Waals surface area (Å²) in [5.41, 5.74) is 3.21. The standard InChI is InChI=1S/C14H11Cl2N/c15-12-5-11(6-13(16)7-12)14-4-3-10(8-17-14)9-1-2-9/h3-9H,1-2H2. The van der Waals surface area contributed by atoms with E-state index in [1.54, 1.807) is 6.07 Å². The summed E-state index contributed by atoms with van der Waals surface area (Å²) in [5.74, 6) is 0.736. The Morgan fingerprint density at radius 2 is 1.71 bits per heavy atom. The maximum atomic E-state index is 5.98. The molecule has 2 aromatic rings. The molecule has 1 heterocycles. The molecule has 0 aliphatic heterocycles. The largest absolute Gasteiger partial charge is 0.256 e. The number of nitrogens with zero attached hydrogens (tertiary/aromatic N) is 1. The van der Waals surface area contributed by atoms with Crippen LogP contribution in [0.2, 0.25) is 10.0 Å². The molecule has 0 spiro atoms. The highest BCUT2D eigenvalue weighted by molar-refractivity contribution is 6.35. The first-order chi connectivity index (χ1) is 8.22. The van der Waals surface area contributed by atoms with E-state index >= 15 is 0 Å². The van der Waals surface area contributed by atoms with E-state index in [-0.39, 0.29) is 0 Å². The Hall–Kier alpha value is -1.05. The highest BCUT2D eigenvalue weighted by Gasteiger charge is 2.23. The lowest BCUT2D eigenvalue weighted by atomic mass is 10.1. The Morgan fingerprint density at radius 1 is 1.00 bits per heavy atom. The summed E-state index contributed by atoms with van der Waals surface area (Å²) >= 11 is 12.0. The first kappa shape index (κ1) is 11.1. The summed E-state index contributed by atoms with van der Waals surface area (Å²) in [5, 5.41) is 1.28. The van der Waals surface area contributed by atoms with Crippen LogP contribution in [0.3, 0.4) is 0 Å². The van der Waals surface area contributed by atoms with Gasteiger partial charge in [0.2, 0.25) is 0 Å². The second-order valence-electron chi connectivity index (χ2n) is 4.41. The summed E-state index contributed by atoms with van der Waals surface area (Å²) in [7, 11) is 0. The smallest absolute Gasteiger partial charge is 0.0703 e. The van der Waals surface area contributed by atoms with Gasteiger partial charge >= 0.3 is 0 Å². The Morgan fingerprint density at radius 3 is 2.24 bits per heavy atom. The van der Waals surface area contributed by atoms with Crippen molar-refractivity contribution in [1.82, 2.24) is 4.98 Å². The minimum absolute atomic E-state index is 0.639. The van der Waals surface area contributed by atoms with Gasteiger partial charge in [0.05, 0.1) is 5.69 Å². The Balaban J connectivity index is 1.96. The average Bonchev–Trinajstić information content (AvgIpc) is 3.12. The maximum absolute atomic E-state index is 5.98. The van der Waals surface area contributed by atoms with Crippen molar-refractivity contribution in [3.05, 3.63) is 52.1 Å². The van der Waals surface area contributed by atoms with Gasteiger partial charge in [0, 0.05) is 21.8 Å². The van der Waals surface area contributed by atoms with Gasteiger partial charge in [-0.1, -0.05) is 29.3 Å². The van der Waals surface area contributed by atoms with Crippen LogP contribution in [0.4, 0.5) is 0 Å². The lowest BCUT2D eigenvalue weighted by Crippen LogP contribution is -1.86. The third-order valence-corrected chi connectivity index (χ3v) is 3.43. The Bertz CT molecular complexity index is 524. The fourth-order valence-electron chi connectivity index (χ4n) is 1.94. The van der Waals surface area contributed by atoms with E-state index in [1.807, 2.05) is 24.4 Å². The third-order valence-electron chi connectivity index (χ3n) is 2.99. The molecular weight excluding hydrogens is 253 g/mol. The van der Waals surface area contributed by atoms with Crippen LogP contribution in [0.15, 0.2) is 36.5 Å². The predicted octanol–water partition coefficient (Wildman–Crippen LogP) is 4.93. The molecule has 1 aromatic carbocycles. The molecule has 0 radical (unpaired) electrons. The molecule has 0 bridgehead atoms. The summed E-state index contributed by atoms with van der Waals surface area (Å²) in [6.07, 6.45) is 4.55. The Kier molecular flexibility index (Phi) is 2.81. The van der Waals surface area contributed by atoms with Crippen molar-refractivity contribution in [3.63, 3.8) is 0 Å². The van der Waals surface area contributed by atoms with E-state index in [0.717, 1.165) is 17.2 Å². The van der Waals surface area contributed by atoms with Crippen molar-refractivity contribution in [3.8, 4) is 11.3 Å². The lowest BCUT2D eigenvalue weighted by Gasteiger charge is -2.04. The number of aromatic nitrogens is 1. The molecule has 1 saturated carbocycles. The van der Waals surface area contributed by atoms with Gasteiger partial charge in [0.25, 0.3) is 0 Å². The van der Waals surface area contributed by atoms with Crippen LogP contribution in [0.5, 0.6) is 0 Å². The van der Waals surface area contributed by atoms with E-state index in [9.17, 15) is 0 Å². The monoisotopic (exact) mass is 263 g/mol. The van der Waals surface area contributed by atoms with Crippen molar-refractivity contribution in [1.29, 1.82) is 0 Å². The van der Waals surface area contributed by atoms with E-state index in [4.69, 9.17) is 23.2 Å². The molecule has 3 heteroatoms. The van der Waals surface area contributed by atoms with Gasteiger partial charge in [-0.05, 0) is 48.6 Å². The van der Waals surface area contributed by atoms with Crippen LogP contribution in [0.25, 0.3) is 11.3 Å². The van der Waals surface area contributed by atoms with E-state index in [0.29, 0.717) is 10.0 Å². The summed E-state index contributed by atoms with van der Waals surface area (Å²) < 4.78 is 0. The fourth-order valence-corrected chi connectivity index (χ4v) is 2.46. The van der Waals surface area contributed by atoms with Crippen LogP contribution < -0.4 is 0 Å². The lowest BCUT2D eigenvalue weighted by molar-refractivity contribution is 1.10. The van der Waals surface area contributed by atoms with Crippen molar-refractivity contribution >= 4 is 23.2 Å². The second kappa shape index (κ2) is 4.32. The molecule has 0 atom stereocenters. The van der Waals surface area contributed by atoms with Gasteiger partial charge in [0.15, 0.2) is 0 Å². The van der Waals surface area contributed by atoms with Gasteiger partial charge in [0.1, 0.15) is 0 Å². The highest BCUT2D eigenvalue weighted by Crippen LogP contribution is 2.40. The molecule has 0 amide bonds. The van der Waals surface area contributed by atoms with Crippen molar-refractivity contribution in [2.24, 2.45) is 0 Å². The van der Waals surface area contributed by atoms with Crippen molar-refractivity contribution in [2.75, 3.05) is 0 Å². The first-order valence-electron chi connectivity index (χ1n) is 5.65. The Labute approximate surface area is 110 Å². The van der Waals surface area contributed by atoms with Crippen LogP contribution in [-0.2, 0) is 0 Å². The minimum atomic E-state index is 0.639. The molecule has 1 aliphatic rings. The topological polar surface area (TPSA) is 12.9 Å². The molecule has 0 saturated heterocycles. The zero-order chi connectivity index (χ0) is 11.8. The SMILES string of the molecule is Clc1cc(Cl)cc(-c2ccc(C3CC3)cn2)c1. The number of hydrogen-bond acceptors (Lipinski definition) is 1.